The van der Waals surface area contributed by atoms with Crippen LogP contribution in [-0.2, 0) is 0 Å². The molecule has 0 aromatic carbocycles. The molecule has 0 heterocycles. The summed E-state index contributed by atoms with van der Waals surface area (Å²) in [5.41, 5.74) is 0. The van der Waals surface area contributed by atoms with Crippen molar-refractivity contribution in [1.82, 2.24) is 0 Å². The maximum atomic E-state index is 8.55. The average Bonchev–Trinajstić information content (AvgIpc) is 1.35. The summed E-state index contributed by atoms with van der Waals surface area (Å²) in [5, 5.41) is 8.55. The molecule has 0 aliphatic heterocycles. The molecular formula is C5H13KO. The third-order valence-corrected chi connectivity index (χ3v) is 0.706. The molecule has 1 nitrogen and oxygen atoms in total. The minimum atomic E-state index is -0.102. The van der Waals surface area contributed by atoms with E-state index in [0.717, 1.165) is 12.8 Å². The molecule has 1 unspecified atom stereocenters. The number of aliphatic hydroxyl groups is 1. The molecule has 0 bridgehead atoms. The van der Waals surface area contributed by atoms with Gasteiger partial charge in [0.15, 0.2) is 0 Å². The van der Waals surface area contributed by atoms with E-state index in [9.17, 15) is 0 Å². The molecule has 0 rings (SSSR count). The predicted molar refractivity (Wildman–Crippen MR) is 33.7 cm³/mol. The number of rotatable bonds is 2. The fourth-order valence-electron chi connectivity index (χ4n) is 0.418. The van der Waals surface area contributed by atoms with Crippen molar-refractivity contribution in [2.75, 3.05) is 0 Å². The van der Waals surface area contributed by atoms with Crippen molar-refractivity contribution in [3.8, 4) is 0 Å². The van der Waals surface area contributed by atoms with Gasteiger partial charge in [-0.25, -0.2) is 0 Å². The quantitative estimate of drug-likeness (QED) is 0.538. The Morgan fingerprint density at radius 2 is 2.00 bits per heavy atom. The van der Waals surface area contributed by atoms with Gasteiger partial charge >= 0.3 is 51.4 Å². The molecule has 40 valence electrons. The minimum absolute atomic E-state index is 0. The molecule has 0 saturated heterocycles. The van der Waals surface area contributed by atoms with Gasteiger partial charge in [0.25, 0.3) is 0 Å². The molecule has 0 aliphatic rings. The van der Waals surface area contributed by atoms with Gasteiger partial charge in [0.1, 0.15) is 0 Å². The third kappa shape index (κ3) is 11.3. The summed E-state index contributed by atoms with van der Waals surface area (Å²) in [6.07, 6.45) is 1.91. The van der Waals surface area contributed by atoms with Crippen molar-refractivity contribution in [2.24, 2.45) is 0 Å². The maximum absolute atomic E-state index is 8.55. The Kier molecular flexibility index (Phi) is 12.4. The van der Waals surface area contributed by atoms with Crippen molar-refractivity contribution in [1.29, 1.82) is 0 Å². The van der Waals surface area contributed by atoms with Crippen LogP contribution in [0.4, 0.5) is 0 Å². The van der Waals surface area contributed by atoms with Gasteiger partial charge in [-0.3, -0.25) is 0 Å². The van der Waals surface area contributed by atoms with E-state index in [4.69, 9.17) is 5.11 Å². The SMILES string of the molecule is CCCC(C)O.[KH]. The van der Waals surface area contributed by atoms with E-state index in [-0.39, 0.29) is 57.5 Å². The molecule has 0 aromatic rings. The number of hydrogen-bond donors (Lipinski definition) is 1. The first-order chi connectivity index (χ1) is 2.77. The summed E-state index contributed by atoms with van der Waals surface area (Å²) in [5.74, 6) is 0. The first-order valence-corrected chi connectivity index (χ1v) is 2.45. The molecule has 1 N–H and O–H groups in total. The Morgan fingerprint density at radius 3 is 2.00 bits per heavy atom. The fraction of sp³-hybridized carbons (Fsp3) is 1.00. The van der Waals surface area contributed by atoms with Crippen molar-refractivity contribution < 1.29 is 5.11 Å². The van der Waals surface area contributed by atoms with Gasteiger partial charge in [0.2, 0.25) is 0 Å². The van der Waals surface area contributed by atoms with Gasteiger partial charge in [0.05, 0.1) is 6.10 Å². The normalized spacial score (nSPS) is 12.4. The fourth-order valence-corrected chi connectivity index (χ4v) is 0.418. The summed E-state index contributed by atoms with van der Waals surface area (Å²) in [4.78, 5) is 0. The van der Waals surface area contributed by atoms with Crippen LogP contribution >= 0.6 is 0 Å². The summed E-state index contributed by atoms with van der Waals surface area (Å²) < 4.78 is 0. The van der Waals surface area contributed by atoms with E-state index in [1.165, 1.54) is 0 Å². The molecule has 7 heavy (non-hydrogen) atoms. The number of hydrogen-bond acceptors (Lipinski definition) is 1. The monoisotopic (exact) mass is 128 g/mol. The first-order valence-electron chi connectivity index (χ1n) is 2.45. The van der Waals surface area contributed by atoms with E-state index in [0.29, 0.717) is 0 Å². The van der Waals surface area contributed by atoms with Crippen LogP contribution in [0, 0.1) is 0 Å². The van der Waals surface area contributed by atoms with Crippen LogP contribution in [0.1, 0.15) is 26.7 Å². The predicted octanol–water partition coefficient (Wildman–Crippen LogP) is 0.519. The van der Waals surface area contributed by atoms with Gasteiger partial charge < -0.3 is 5.11 Å². The van der Waals surface area contributed by atoms with E-state index in [1.807, 2.05) is 6.92 Å². The van der Waals surface area contributed by atoms with Gasteiger partial charge in [-0.2, -0.15) is 0 Å². The Morgan fingerprint density at radius 1 is 1.57 bits per heavy atom. The second-order valence-corrected chi connectivity index (χ2v) is 1.64. The van der Waals surface area contributed by atoms with Gasteiger partial charge in [0, 0.05) is 0 Å². The number of aliphatic hydroxyl groups excluding tert-OH is 1. The molecule has 0 fully saturated rings. The molecule has 2 heteroatoms. The van der Waals surface area contributed by atoms with Crippen LogP contribution in [0.25, 0.3) is 0 Å². The van der Waals surface area contributed by atoms with Crippen LogP contribution in [0.5, 0.6) is 0 Å². The Bertz CT molecular complexity index is 29.3. The molecule has 0 aliphatic carbocycles. The molecular weight excluding hydrogens is 115 g/mol. The second kappa shape index (κ2) is 7.60. The standard InChI is InChI=1S/C5H12O.K.H/c1-3-4-5(2)6;;/h5-6H,3-4H2,1-2H3;;. The summed E-state index contributed by atoms with van der Waals surface area (Å²) in [6.45, 7) is 3.87. The topological polar surface area (TPSA) is 20.2 Å². The molecule has 1 atom stereocenters. The molecule has 0 aromatic heterocycles. The van der Waals surface area contributed by atoms with Crippen LogP contribution in [0.2, 0.25) is 0 Å². The molecule has 0 radical (unpaired) electrons. The zero-order chi connectivity index (χ0) is 4.99. The van der Waals surface area contributed by atoms with Crippen molar-refractivity contribution >= 4 is 51.4 Å². The third-order valence-electron chi connectivity index (χ3n) is 0.706. The van der Waals surface area contributed by atoms with Crippen LogP contribution < -0.4 is 0 Å². The Hall–Kier alpha value is 1.60. The van der Waals surface area contributed by atoms with Crippen molar-refractivity contribution in [2.45, 2.75) is 32.8 Å². The average molecular weight is 128 g/mol. The van der Waals surface area contributed by atoms with Gasteiger partial charge in [-0.15, -0.1) is 0 Å². The second-order valence-electron chi connectivity index (χ2n) is 1.64. The Balaban J connectivity index is 0. The van der Waals surface area contributed by atoms with Gasteiger partial charge in [-0.05, 0) is 13.3 Å². The van der Waals surface area contributed by atoms with E-state index < -0.39 is 0 Å². The van der Waals surface area contributed by atoms with Crippen LogP contribution in [0.3, 0.4) is 0 Å². The summed E-state index contributed by atoms with van der Waals surface area (Å²) in [7, 11) is 0. The molecule has 0 spiro atoms. The van der Waals surface area contributed by atoms with Crippen molar-refractivity contribution in [3.63, 3.8) is 0 Å². The summed E-state index contributed by atoms with van der Waals surface area (Å²) in [6, 6.07) is 0. The van der Waals surface area contributed by atoms with E-state index in [2.05, 4.69) is 6.92 Å². The molecule has 0 amide bonds. The zero-order valence-corrected chi connectivity index (χ0v) is 4.44. The van der Waals surface area contributed by atoms with E-state index >= 15 is 0 Å². The molecule has 0 saturated carbocycles. The van der Waals surface area contributed by atoms with Crippen LogP contribution in [0.15, 0.2) is 0 Å². The zero-order valence-electron chi connectivity index (χ0n) is 4.44. The van der Waals surface area contributed by atoms with Crippen LogP contribution in [-0.4, -0.2) is 62.6 Å². The summed E-state index contributed by atoms with van der Waals surface area (Å²) >= 11 is 0. The first kappa shape index (κ1) is 11.4. The van der Waals surface area contributed by atoms with Gasteiger partial charge in [-0.1, -0.05) is 13.3 Å². The Labute approximate surface area is 87.9 Å². The van der Waals surface area contributed by atoms with E-state index in [1.54, 1.807) is 0 Å². The van der Waals surface area contributed by atoms with Crippen molar-refractivity contribution in [3.05, 3.63) is 0 Å².